The summed E-state index contributed by atoms with van der Waals surface area (Å²) in [5.41, 5.74) is 2.38. The van der Waals surface area contributed by atoms with E-state index < -0.39 is 0 Å². The minimum absolute atomic E-state index is 0.150. The molecule has 2 heterocycles. The van der Waals surface area contributed by atoms with Gasteiger partial charge >= 0.3 is 0 Å². The van der Waals surface area contributed by atoms with Crippen molar-refractivity contribution in [2.45, 2.75) is 20.1 Å². The lowest BCUT2D eigenvalue weighted by Gasteiger charge is -2.03. The minimum atomic E-state index is -0.150. The van der Waals surface area contributed by atoms with Crippen LogP contribution >= 0.6 is 11.3 Å². The van der Waals surface area contributed by atoms with Gasteiger partial charge < -0.3 is 10.1 Å². The zero-order valence-electron chi connectivity index (χ0n) is 15.8. The Balaban J connectivity index is 1.41. The number of aryl methyl sites for hydroxylation is 1. The average molecular weight is 405 g/mol. The lowest BCUT2D eigenvalue weighted by Crippen LogP contribution is -2.22. The highest BCUT2D eigenvalue weighted by atomic mass is 32.1. The molecule has 4 aromatic rings. The molecule has 0 fully saturated rings. The normalized spacial score (nSPS) is 10.7. The Morgan fingerprint density at radius 3 is 2.59 bits per heavy atom. The van der Waals surface area contributed by atoms with E-state index in [0.717, 1.165) is 11.3 Å². The molecule has 0 aliphatic heterocycles. The predicted molar refractivity (Wildman–Crippen MR) is 110 cm³/mol. The summed E-state index contributed by atoms with van der Waals surface area (Å²) in [6.45, 7) is 2.59. The van der Waals surface area contributed by atoms with Crippen LogP contribution in [0.1, 0.15) is 26.6 Å². The number of nitrogens with zero attached hydrogens (tertiary/aromatic N) is 4. The molecule has 0 aliphatic carbocycles. The largest absolute Gasteiger partial charge is 0.487 e. The maximum atomic E-state index is 12.5. The molecule has 0 bridgehead atoms. The number of benzene rings is 2. The SMILES string of the molecule is Cc1nc(-n2cc(COc3ccccc3)nn2)sc1C(=O)NCc1ccccc1. The molecule has 0 spiro atoms. The molecule has 2 aromatic heterocycles. The molecule has 2 aromatic carbocycles. The zero-order chi connectivity index (χ0) is 20.1. The molecule has 1 N–H and O–H groups in total. The summed E-state index contributed by atoms with van der Waals surface area (Å²) >= 11 is 1.28. The fourth-order valence-electron chi connectivity index (χ4n) is 2.68. The molecule has 0 saturated heterocycles. The molecule has 0 atom stereocenters. The van der Waals surface area contributed by atoms with Gasteiger partial charge in [-0.15, -0.1) is 5.10 Å². The summed E-state index contributed by atoms with van der Waals surface area (Å²) in [5.74, 6) is 0.618. The van der Waals surface area contributed by atoms with Gasteiger partial charge in [-0.2, -0.15) is 4.68 Å². The maximum Gasteiger partial charge on any atom is 0.263 e. The fraction of sp³-hybridized carbons (Fsp3) is 0.143. The van der Waals surface area contributed by atoms with Gasteiger partial charge in [-0.05, 0) is 24.6 Å². The van der Waals surface area contributed by atoms with Crippen molar-refractivity contribution in [2.75, 3.05) is 0 Å². The van der Waals surface area contributed by atoms with Crippen LogP contribution in [0.15, 0.2) is 66.9 Å². The van der Waals surface area contributed by atoms with E-state index in [2.05, 4.69) is 20.6 Å². The molecule has 0 saturated carbocycles. The van der Waals surface area contributed by atoms with E-state index in [-0.39, 0.29) is 5.91 Å². The van der Waals surface area contributed by atoms with E-state index in [4.69, 9.17) is 4.74 Å². The molecule has 0 unspecified atom stereocenters. The van der Waals surface area contributed by atoms with Crippen LogP contribution in [-0.2, 0) is 13.2 Å². The van der Waals surface area contributed by atoms with Crippen LogP contribution in [0.5, 0.6) is 5.75 Å². The molecule has 0 radical (unpaired) electrons. The second-order valence-electron chi connectivity index (χ2n) is 6.34. The van der Waals surface area contributed by atoms with Gasteiger partial charge in [-0.25, -0.2) is 4.98 Å². The summed E-state index contributed by atoms with van der Waals surface area (Å²) in [6.07, 6.45) is 1.76. The van der Waals surface area contributed by atoms with E-state index in [9.17, 15) is 4.79 Å². The summed E-state index contributed by atoms with van der Waals surface area (Å²) in [4.78, 5) is 17.6. The Bertz CT molecular complexity index is 1090. The molecular weight excluding hydrogens is 386 g/mol. The lowest BCUT2D eigenvalue weighted by molar-refractivity contribution is 0.0954. The third-order valence-electron chi connectivity index (χ3n) is 4.15. The van der Waals surface area contributed by atoms with Crippen molar-refractivity contribution >= 4 is 17.2 Å². The first kappa shape index (κ1) is 18.8. The predicted octanol–water partition coefficient (Wildman–Crippen LogP) is 3.54. The monoisotopic (exact) mass is 405 g/mol. The number of nitrogens with one attached hydrogen (secondary N) is 1. The van der Waals surface area contributed by atoms with E-state index >= 15 is 0 Å². The van der Waals surface area contributed by atoms with Gasteiger partial charge in [-0.1, -0.05) is 65.1 Å². The molecule has 29 heavy (non-hydrogen) atoms. The van der Waals surface area contributed by atoms with Crippen molar-refractivity contribution in [1.82, 2.24) is 25.3 Å². The van der Waals surface area contributed by atoms with Gasteiger partial charge in [0.25, 0.3) is 5.91 Å². The number of thiazole rings is 1. The van der Waals surface area contributed by atoms with Gasteiger partial charge in [0.2, 0.25) is 5.13 Å². The number of amides is 1. The van der Waals surface area contributed by atoms with E-state index in [1.807, 2.05) is 67.6 Å². The third-order valence-corrected chi connectivity index (χ3v) is 5.30. The lowest BCUT2D eigenvalue weighted by atomic mass is 10.2. The number of para-hydroxylation sites is 1. The van der Waals surface area contributed by atoms with Crippen LogP contribution in [0.3, 0.4) is 0 Å². The molecule has 0 aliphatic rings. The first-order valence-corrected chi connectivity index (χ1v) is 9.89. The van der Waals surface area contributed by atoms with Gasteiger partial charge in [0, 0.05) is 6.54 Å². The van der Waals surface area contributed by atoms with Crippen LogP contribution in [0, 0.1) is 6.92 Å². The highest BCUT2D eigenvalue weighted by molar-refractivity contribution is 7.16. The van der Waals surface area contributed by atoms with Crippen LogP contribution in [-0.4, -0.2) is 25.9 Å². The smallest absolute Gasteiger partial charge is 0.263 e. The maximum absolute atomic E-state index is 12.5. The van der Waals surface area contributed by atoms with Crippen molar-refractivity contribution in [3.8, 4) is 10.9 Å². The van der Waals surface area contributed by atoms with Crippen molar-refractivity contribution in [3.05, 3.63) is 88.7 Å². The Labute approximate surface area is 172 Å². The number of aromatic nitrogens is 4. The molecule has 1 amide bonds. The molecule has 7 nitrogen and oxygen atoms in total. The molecule has 4 rings (SSSR count). The van der Waals surface area contributed by atoms with Gasteiger partial charge in [0.1, 0.15) is 22.9 Å². The number of carbonyl (C=O) groups excluding carboxylic acids is 1. The molecular formula is C21H19N5O2S. The highest BCUT2D eigenvalue weighted by Crippen LogP contribution is 2.21. The van der Waals surface area contributed by atoms with Crippen LogP contribution in [0.25, 0.3) is 5.13 Å². The molecule has 8 heteroatoms. The van der Waals surface area contributed by atoms with Crippen LogP contribution in [0.4, 0.5) is 0 Å². The van der Waals surface area contributed by atoms with Crippen LogP contribution in [0.2, 0.25) is 0 Å². The van der Waals surface area contributed by atoms with Crippen LogP contribution < -0.4 is 10.1 Å². The quantitative estimate of drug-likeness (QED) is 0.509. The van der Waals surface area contributed by atoms with Gasteiger partial charge in [-0.3, -0.25) is 4.79 Å². The Morgan fingerprint density at radius 1 is 1.10 bits per heavy atom. The second-order valence-corrected chi connectivity index (χ2v) is 7.31. The Morgan fingerprint density at radius 2 is 1.83 bits per heavy atom. The first-order chi connectivity index (χ1) is 14.2. The zero-order valence-corrected chi connectivity index (χ0v) is 16.6. The van der Waals surface area contributed by atoms with E-state index in [1.54, 1.807) is 10.9 Å². The Hall–Kier alpha value is -3.52. The first-order valence-electron chi connectivity index (χ1n) is 9.08. The standard InChI is InChI=1S/C21H19N5O2S/c1-15-19(20(27)22-12-16-8-4-2-5-9-16)29-21(23-15)26-13-17(24-25-26)14-28-18-10-6-3-7-11-18/h2-11,13H,12,14H2,1H3,(H,22,27). The molecule has 146 valence electrons. The minimum Gasteiger partial charge on any atom is -0.487 e. The second kappa shape index (κ2) is 8.66. The van der Waals surface area contributed by atoms with E-state index in [1.165, 1.54) is 11.3 Å². The van der Waals surface area contributed by atoms with Crippen molar-refractivity contribution < 1.29 is 9.53 Å². The topological polar surface area (TPSA) is 81.9 Å². The number of carbonyl (C=O) groups is 1. The highest BCUT2D eigenvalue weighted by Gasteiger charge is 2.17. The number of rotatable bonds is 7. The van der Waals surface area contributed by atoms with Gasteiger partial charge in [0.15, 0.2) is 0 Å². The Kier molecular flexibility index (Phi) is 5.62. The fourth-order valence-corrected chi connectivity index (χ4v) is 3.59. The van der Waals surface area contributed by atoms with Gasteiger partial charge in [0.05, 0.1) is 11.9 Å². The summed E-state index contributed by atoms with van der Waals surface area (Å²) < 4.78 is 7.25. The van der Waals surface area contributed by atoms with Crippen molar-refractivity contribution in [1.29, 1.82) is 0 Å². The third kappa shape index (κ3) is 4.67. The summed E-state index contributed by atoms with van der Waals surface area (Å²) in [7, 11) is 0. The number of ether oxygens (including phenoxy) is 1. The summed E-state index contributed by atoms with van der Waals surface area (Å²) in [5, 5.41) is 11.7. The van der Waals surface area contributed by atoms with Crippen molar-refractivity contribution in [2.24, 2.45) is 0 Å². The number of hydrogen-bond acceptors (Lipinski definition) is 6. The van der Waals surface area contributed by atoms with E-state index in [0.29, 0.717) is 34.5 Å². The van der Waals surface area contributed by atoms with Crippen molar-refractivity contribution in [3.63, 3.8) is 0 Å². The number of hydrogen-bond donors (Lipinski definition) is 1. The summed E-state index contributed by atoms with van der Waals surface area (Å²) in [6, 6.07) is 19.3. The average Bonchev–Trinajstić information content (AvgIpc) is 3.39.